The third-order valence-corrected chi connectivity index (χ3v) is 3.36. The SMILES string of the molecule is COc1ccc(C)cc1C(N)Cc1ccc(C)cc1. The van der Waals surface area contributed by atoms with Gasteiger partial charge in [-0.25, -0.2) is 0 Å². The summed E-state index contributed by atoms with van der Waals surface area (Å²) in [6.07, 6.45) is 0.820. The second-order valence-corrected chi connectivity index (χ2v) is 5.04. The molecule has 0 aromatic heterocycles. The highest BCUT2D eigenvalue weighted by Crippen LogP contribution is 2.27. The highest BCUT2D eigenvalue weighted by Gasteiger charge is 2.12. The number of benzene rings is 2. The van der Waals surface area contributed by atoms with Crippen LogP contribution in [0.1, 0.15) is 28.3 Å². The van der Waals surface area contributed by atoms with Crippen LogP contribution in [0, 0.1) is 13.8 Å². The zero-order valence-corrected chi connectivity index (χ0v) is 11.8. The van der Waals surface area contributed by atoms with Gasteiger partial charge < -0.3 is 10.5 Å². The van der Waals surface area contributed by atoms with Crippen molar-refractivity contribution in [2.45, 2.75) is 26.3 Å². The van der Waals surface area contributed by atoms with E-state index in [1.54, 1.807) is 7.11 Å². The predicted octanol–water partition coefficient (Wildman–Crippen LogP) is 3.55. The molecule has 0 fully saturated rings. The van der Waals surface area contributed by atoms with Crippen LogP contribution in [0.2, 0.25) is 0 Å². The molecule has 0 heterocycles. The van der Waals surface area contributed by atoms with E-state index < -0.39 is 0 Å². The number of methoxy groups -OCH3 is 1. The van der Waals surface area contributed by atoms with Gasteiger partial charge in [0.15, 0.2) is 0 Å². The van der Waals surface area contributed by atoms with Crippen molar-refractivity contribution >= 4 is 0 Å². The van der Waals surface area contributed by atoms with E-state index in [0.717, 1.165) is 17.7 Å². The lowest BCUT2D eigenvalue weighted by molar-refractivity contribution is 0.405. The second-order valence-electron chi connectivity index (χ2n) is 5.04. The smallest absolute Gasteiger partial charge is 0.123 e. The third-order valence-electron chi connectivity index (χ3n) is 3.36. The normalized spacial score (nSPS) is 12.2. The van der Waals surface area contributed by atoms with Crippen LogP contribution in [0.5, 0.6) is 5.75 Å². The quantitative estimate of drug-likeness (QED) is 0.906. The molecule has 0 radical (unpaired) electrons. The van der Waals surface area contributed by atoms with Gasteiger partial charge in [-0.3, -0.25) is 0 Å². The van der Waals surface area contributed by atoms with Crippen LogP contribution in [-0.2, 0) is 6.42 Å². The molecule has 2 aromatic rings. The van der Waals surface area contributed by atoms with E-state index in [4.69, 9.17) is 10.5 Å². The molecule has 0 aliphatic carbocycles. The minimum atomic E-state index is -0.0439. The lowest BCUT2D eigenvalue weighted by atomic mass is 9.97. The number of nitrogens with two attached hydrogens (primary N) is 1. The highest BCUT2D eigenvalue weighted by molar-refractivity contribution is 5.40. The fourth-order valence-electron chi connectivity index (χ4n) is 2.23. The number of rotatable bonds is 4. The first-order chi connectivity index (χ1) is 9.10. The maximum Gasteiger partial charge on any atom is 0.123 e. The standard InChI is InChI=1S/C17H21NO/c1-12-4-7-14(8-5-12)11-16(18)15-10-13(2)6-9-17(15)19-3/h4-10,16H,11,18H2,1-3H3. The number of aryl methyl sites for hydroxylation is 2. The van der Waals surface area contributed by atoms with Crippen LogP contribution in [0.3, 0.4) is 0 Å². The molecular weight excluding hydrogens is 234 g/mol. The molecule has 2 rings (SSSR count). The van der Waals surface area contributed by atoms with E-state index in [-0.39, 0.29) is 6.04 Å². The van der Waals surface area contributed by atoms with Crippen molar-refractivity contribution in [1.29, 1.82) is 0 Å². The van der Waals surface area contributed by atoms with E-state index in [0.29, 0.717) is 0 Å². The first-order valence-corrected chi connectivity index (χ1v) is 6.56. The van der Waals surface area contributed by atoms with Crippen molar-refractivity contribution in [2.24, 2.45) is 5.73 Å². The average Bonchev–Trinajstić information content (AvgIpc) is 2.41. The molecule has 2 N–H and O–H groups in total. The molecule has 0 spiro atoms. The minimum Gasteiger partial charge on any atom is -0.496 e. The Kier molecular flexibility index (Phi) is 4.23. The highest BCUT2D eigenvalue weighted by atomic mass is 16.5. The molecule has 0 bridgehead atoms. The van der Waals surface area contributed by atoms with E-state index in [1.807, 2.05) is 12.1 Å². The lowest BCUT2D eigenvalue weighted by Crippen LogP contribution is -2.14. The Morgan fingerprint density at radius 2 is 1.63 bits per heavy atom. The maximum atomic E-state index is 6.33. The van der Waals surface area contributed by atoms with Gasteiger partial charge in [0, 0.05) is 11.6 Å². The van der Waals surface area contributed by atoms with Crippen molar-refractivity contribution < 1.29 is 4.74 Å². The summed E-state index contributed by atoms with van der Waals surface area (Å²) >= 11 is 0. The number of ether oxygens (including phenoxy) is 1. The summed E-state index contributed by atoms with van der Waals surface area (Å²) in [6, 6.07) is 14.6. The van der Waals surface area contributed by atoms with Crippen LogP contribution in [0.4, 0.5) is 0 Å². The average molecular weight is 255 g/mol. The molecule has 0 saturated heterocycles. The Labute approximate surface area is 115 Å². The van der Waals surface area contributed by atoms with E-state index in [1.165, 1.54) is 16.7 Å². The Morgan fingerprint density at radius 1 is 1.00 bits per heavy atom. The van der Waals surface area contributed by atoms with Gasteiger partial charge in [0.25, 0.3) is 0 Å². The molecule has 0 saturated carbocycles. The summed E-state index contributed by atoms with van der Waals surface area (Å²) in [5.41, 5.74) is 11.1. The van der Waals surface area contributed by atoms with Crippen LogP contribution < -0.4 is 10.5 Å². The molecule has 0 amide bonds. The molecule has 2 nitrogen and oxygen atoms in total. The lowest BCUT2D eigenvalue weighted by Gasteiger charge is -2.16. The molecule has 100 valence electrons. The molecule has 2 heteroatoms. The Morgan fingerprint density at radius 3 is 2.26 bits per heavy atom. The Bertz CT molecular complexity index is 546. The largest absolute Gasteiger partial charge is 0.496 e. The summed E-state index contributed by atoms with van der Waals surface area (Å²) in [7, 11) is 1.69. The topological polar surface area (TPSA) is 35.2 Å². The van der Waals surface area contributed by atoms with Crippen molar-refractivity contribution in [3.63, 3.8) is 0 Å². The summed E-state index contributed by atoms with van der Waals surface area (Å²) < 4.78 is 5.40. The molecule has 19 heavy (non-hydrogen) atoms. The molecular formula is C17H21NO. The second kappa shape index (κ2) is 5.89. The summed E-state index contributed by atoms with van der Waals surface area (Å²) in [5, 5.41) is 0. The van der Waals surface area contributed by atoms with Gasteiger partial charge in [-0.2, -0.15) is 0 Å². The van der Waals surface area contributed by atoms with Crippen LogP contribution in [0.15, 0.2) is 42.5 Å². The molecule has 1 atom stereocenters. The third kappa shape index (κ3) is 3.36. The minimum absolute atomic E-state index is 0.0439. The molecule has 1 unspecified atom stereocenters. The van der Waals surface area contributed by atoms with Crippen molar-refractivity contribution in [3.05, 3.63) is 64.7 Å². The summed E-state index contributed by atoms with van der Waals surface area (Å²) in [6.45, 7) is 4.16. The van der Waals surface area contributed by atoms with Gasteiger partial charge in [0.2, 0.25) is 0 Å². The summed E-state index contributed by atoms with van der Waals surface area (Å²) in [5.74, 6) is 0.866. The monoisotopic (exact) mass is 255 g/mol. The van der Waals surface area contributed by atoms with Crippen LogP contribution in [0.25, 0.3) is 0 Å². The number of hydrogen-bond acceptors (Lipinski definition) is 2. The van der Waals surface area contributed by atoms with Gasteiger partial charge in [-0.1, -0.05) is 47.5 Å². The van der Waals surface area contributed by atoms with Gasteiger partial charge in [-0.05, 0) is 31.9 Å². The predicted molar refractivity (Wildman–Crippen MR) is 79.5 cm³/mol. The first-order valence-electron chi connectivity index (χ1n) is 6.56. The zero-order valence-electron chi connectivity index (χ0n) is 11.8. The fourth-order valence-corrected chi connectivity index (χ4v) is 2.23. The van der Waals surface area contributed by atoms with Crippen molar-refractivity contribution in [1.82, 2.24) is 0 Å². The number of hydrogen-bond donors (Lipinski definition) is 1. The Hall–Kier alpha value is -1.80. The van der Waals surface area contributed by atoms with Crippen molar-refractivity contribution in [2.75, 3.05) is 7.11 Å². The van der Waals surface area contributed by atoms with Gasteiger partial charge in [0.1, 0.15) is 5.75 Å². The van der Waals surface area contributed by atoms with Crippen molar-refractivity contribution in [3.8, 4) is 5.75 Å². The van der Waals surface area contributed by atoms with Gasteiger partial charge in [0.05, 0.1) is 7.11 Å². The summed E-state index contributed by atoms with van der Waals surface area (Å²) in [4.78, 5) is 0. The van der Waals surface area contributed by atoms with E-state index in [2.05, 4.69) is 44.2 Å². The van der Waals surface area contributed by atoms with E-state index in [9.17, 15) is 0 Å². The van der Waals surface area contributed by atoms with E-state index >= 15 is 0 Å². The van der Waals surface area contributed by atoms with Crippen LogP contribution in [-0.4, -0.2) is 7.11 Å². The van der Waals surface area contributed by atoms with Gasteiger partial charge >= 0.3 is 0 Å². The Balaban J connectivity index is 2.21. The molecule has 0 aliphatic rings. The molecule has 2 aromatic carbocycles. The first kappa shape index (κ1) is 13.6. The zero-order chi connectivity index (χ0) is 13.8. The van der Waals surface area contributed by atoms with Gasteiger partial charge in [-0.15, -0.1) is 0 Å². The molecule has 0 aliphatic heterocycles. The maximum absolute atomic E-state index is 6.33. The fraction of sp³-hybridized carbons (Fsp3) is 0.294. The van der Waals surface area contributed by atoms with Crippen LogP contribution >= 0.6 is 0 Å².